The molecule has 1 atom stereocenters. The van der Waals surface area contributed by atoms with E-state index in [0.717, 1.165) is 69.5 Å². The molecule has 2 aromatic rings. The molecule has 2 aromatic heterocycles. The lowest BCUT2D eigenvalue weighted by Gasteiger charge is -2.32. The first kappa shape index (κ1) is 17.6. The third-order valence-corrected chi connectivity index (χ3v) is 5.74. The van der Waals surface area contributed by atoms with Gasteiger partial charge in [0.25, 0.3) is 0 Å². The molecule has 0 unspecified atom stereocenters. The quantitative estimate of drug-likeness (QED) is 0.824. The zero-order valence-corrected chi connectivity index (χ0v) is 15.5. The lowest BCUT2D eigenvalue weighted by Crippen LogP contribution is -2.36. The van der Waals surface area contributed by atoms with E-state index in [0.29, 0.717) is 5.92 Å². The number of aliphatic hydroxyl groups excluding tert-OH is 1. The van der Waals surface area contributed by atoms with Gasteiger partial charge in [0.15, 0.2) is 0 Å². The van der Waals surface area contributed by atoms with E-state index in [2.05, 4.69) is 41.6 Å². The Morgan fingerprint density at radius 3 is 2.73 bits per heavy atom. The Balaban J connectivity index is 1.38. The second kappa shape index (κ2) is 7.85. The molecule has 0 bridgehead atoms. The van der Waals surface area contributed by atoms with Gasteiger partial charge >= 0.3 is 0 Å². The number of aromatic amines is 1. The van der Waals surface area contributed by atoms with Crippen LogP contribution >= 0.6 is 0 Å². The molecule has 2 aliphatic heterocycles. The van der Waals surface area contributed by atoms with E-state index in [1.807, 2.05) is 6.20 Å². The van der Waals surface area contributed by atoms with Gasteiger partial charge < -0.3 is 14.7 Å². The molecule has 0 spiro atoms. The van der Waals surface area contributed by atoms with Gasteiger partial charge in [-0.05, 0) is 32.2 Å². The molecule has 2 fully saturated rings. The summed E-state index contributed by atoms with van der Waals surface area (Å²) in [5.41, 5.74) is 1.16. The summed E-state index contributed by atoms with van der Waals surface area (Å²) in [6.07, 6.45) is 7.58. The third kappa shape index (κ3) is 3.97. The summed E-state index contributed by atoms with van der Waals surface area (Å²) in [6.45, 7) is 5.74. The fourth-order valence-corrected chi connectivity index (χ4v) is 4.17. The third-order valence-electron chi connectivity index (χ3n) is 5.74. The highest BCUT2D eigenvalue weighted by atomic mass is 16.3. The van der Waals surface area contributed by atoms with E-state index >= 15 is 0 Å². The second-order valence-electron chi connectivity index (χ2n) is 7.69. The minimum absolute atomic E-state index is 0.135. The number of hydrogen-bond donors (Lipinski definition) is 2. The minimum Gasteiger partial charge on any atom is -0.393 e. The lowest BCUT2D eigenvalue weighted by atomic mass is 9.97. The zero-order chi connectivity index (χ0) is 17.9. The number of imidazole rings is 1. The molecule has 0 aliphatic carbocycles. The fourth-order valence-electron chi connectivity index (χ4n) is 4.17. The summed E-state index contributed by atoms with van der Waals surface area (Å²) < 4.78 is 2.19. The van der Waals surface area contributed by atoms with Crippen molar-refractivity contribution in [3.8, 4) is 0 Å². The summed E-state index contributed by atoms with van der Waals surface area (Å²) in [4.78, 5) is 12.1. The van der Waals surface area contributed by atoms with Gasteiger partial charge in [0.05, 0.1) is 19.0 Å². The monoisotopic (exact) mass is 359 g/mol. The molecule has 0 aromatic carbocycles. The van der Waals surface area contributed by atoms with Crippen LogP contribution in [-0.2, 0) is 20.1 Å². The number of piperidine rings is 2. The van der Waals surface area contributed by atoms with Gasteiger partial charge in [-0.2, -0.15) is 0 Å². The van der Waals surface area contributed by atoms with Gasteiger partial charge in [-0.1, -0.05) is 0 Å². The van der Waals surface area contributed by atoms with Crippen molar-refractivity contribution < 1.29 is 5.11 Å². The Bertz CT molecular complexity index is 690. The lowest BCUT2D eigenvalue weighted by molar-refractivity contribution is 0.0775. The van der Waals surface area contributed by atoms with Crippen LogP contribution in [0.25, 0.3) is 0 Å². The van der Waals surface area contributed by atoms with Crippen LogP contribution in [0, 0.1) is 0 Å². The Morgan fingerprint density at radius 1 is 1.12 bits per heavy atom. The molecule has 0 saturated carbocycles. The van der Waals surface area contributed by atoms with Crippen LogP contribution in [0.4, 0.5) is 0 Å². The fraction of sp³-hybridized carbons (Fsp3) is 0.722. The maximum absolute atomic E-state index is 9.67. The van der Waals surface area contributed by atoms with Crippen LogP contribution in [0.3, 0.4) is 0 Å². The number of nitrogens with zero attached hydrogens (tertiary/aromatic N) is 6. The number of aromatic nitrogens is 5. The van der Waals surface area contributed by atoms with Gasteiger partial charge in [-0.3, -0.25) is 9.80 Å². The molecule has 26 heavy (non-hydrogen) atoms. The van der Waals surface area contributed by atoms with Gasteiger partial charge in [0.1, 0.15) is 11.6 Å². The molecule has 2 saturated heterocycles. The Labute approximate surface area is 154 Å². The van der Waals surface area contributed by atoms with Crippen molar-refractivity contribution in [2.75, 3.05) is 26.2 Å². The maximum Gasteiger partial charge on any atom is 0.146 e. The van der Waals surface area contributed by atoms with Crippen LogP contribution in [-0.4, -0.2) is 71.9 Å². The molecule has 2 aliphatic rings. The van der Waals surface area contributed by atoms with E-state index in [9.17, 15) is 5.11 Å². The SMILES string of the molecule is Cn1c(CN2CCC(O)CC2)nnc1[C@H]1CCCN(Cc2cnc[nH]2)C1. The van der Waals surface area contributed by atoms with Crippen molar-refractivity contribution in [2.45, 2.75) is 50.8 Å². The van der Waals surface area contributed by atoms with Crippen LogP contribution in [0.1, 0.15) is 48.9 Å². The summed E-state index contributed by atoms with van der Waals surface area (Å²) in [7, 11) is 2.09. The average Bonchev–Trinajstić information content (AvgIpc) is 3.28. The summed E-state index contributed by atoms with van der Waals surface area (Å²) in [6, 6.07) is 0. The van der Waals surface area contributed by atoms with Gasteiger partial charge in [-0.25, -0.2) is 4.98 Å². The van der Waals surface area contributed by atoms with Gasteiger partial charge in [0.2, 0.25) is 0 Å². The van der Waals surface area contributed by atoms with Gasteiger partial charge in [0, 0.05) is 51.0 Å². The molecule has 142 valence electrons. The first-order valence-corrected chi connectivity index (χ1v) is 9.67. The van der Waals surface area contributed by atoms with E-state index in [1.165, 1.54) is 12.8 Å². The highest BCUT2D eigenvalue weighted by molar-refractivity contribution is 5.05. The molecule has 4 heterocycles. The van der Waals surface area contributed by atoms with E-state index in [-0.39, 0.29) is 6.10 Å². The standard InChI is InChI=1S/C18H29N7O/c1-23-17(12-24-7-4-16(26)5-8-24)21-22-18(23)14-3-2-6-25(10-14)11-15-9-19-13-20-15/h9,13-14,16,26H,2-8,10-12H2,1H3,(H,19,20)/t14-/m0/s1. The number of likely N-dealkylation sites (tertiary alicyclic amines) is 2. The first-order valence-electron chi connectivity index (χ1n) is 9.67. The van der Waals surface area contributed by atoms with Crippen LogP contribution in [0.2, 0.25) is 0 Å². The maximum atomic E-state index is 9.67. The Kier molecular flexibility index (Phi) is 5.33. The normalized spacial score (nSPS) is 23.5. The molecule has 8 heteroatoms. The number of aliphatic hydroxyl groups is 1. The smallest absolute Gasteiger partial charge is 0.146 e. The second-order valence-corrected chi connectivity index (χ2v) is 7.69. The van der Waals surface area contributed by atoms with Crippen molar-refractivity contribution >= 4 is 0 Å². The first-order chi connectivity index (χ1) is 12.7. The topological polar surface area (TPSA) is 86.1 Å². The number of hydrogen-bond acceptors (Lipinski definition) is 6. The predicted octanol–water partition coefficient (Wildman–Crippen LogP) is 0.874. The number of H-pyrrole nitrogens is 1. The van der Waals surface area contributed by atoms with Crippen LogP contribution in [0.15, 0.2) is 12.5 Å². The van der Waals surface area contributed by atoms with E-state index in [4.69, 9.17) is 0 Å². The number of rotatable bonds is 5. The molecular weight excluding hydrogens is 330 g/mol. The molecule has 4 rings (SSSR count). The van der Waals surface area contributed by atoms with Crippen LogP contribution in [0.5, 0.6) is 0 Å². The summed E-state index contributed by atoms with van der Waals surface area (Å²) in [5.74, 6) is 2.56. The highest BCUT2D eigenvalue weighted by Gasteiger charge is 2.27. The summed E-state index contributed by atoms with van der Waals surface area (Å²) >= 11 is 0. The summed E-state index contributed by atoms with van der Waals surface area (Å²) in [5, 5.41) is 18.7. The van der Waals surface area contributed by atoms with Crippen LogP contribution < -0.4 is 0 Å². The zero-order valence-electron chi connectivity index (χ0n) is 15.5. The minimum atomic E-state index is -0.135. The predicted molar refractivity (Wildman–Crippen MR) is 97.4 cm³/mol. The van der Waals surface area contributed by atoms with E-state index < -0.39 is 0 Å². The largest absolute Gasteiger partial charge is 0.393 e. The Morgan fingerprint density at radius 2 is 1.96 bits per heavy atom. The molecular formula is C18H29N7O. The van der Waals surface area contributed by atoms with Crippen molar-refractivity contribution in [3.05, 3.63) is 29.9 Å². The van der Waals surface area contributed by atoms with Crippen molar-refractivity contribution in [1.29, 1.82) is 0 Å². The molecule has 0 amide bonds. The van der Waals surface area contributed by atoms with Crippen molar-refractivity contribution in [3.63, 3.8) is 0 Å². The molecule has 2 N–H and O–H groups in total. The van der Waals surface area contributed by atoms with E-state index in [1.54, 1.807) is 6.33 Å². The molecule has 0 radical (unpaired) electrons. The highest BCUT2D eigenvalue weighted by Crippen LogP contribution is 2.27. The molecule has 8 nitrogen and oxygen atoms in total. The number of nitrogens with one attached hydrogen (secondary N) is 1. The average molecular weight is 359 g/mol. The van der Waals surface area contributed by atoms with Crippen molar-refractivity contribution in [2.24, 2.45) is 7.05 Å². The van der Waals surface area contributed by atoms with Gasteiger partial charge in [-0.15, -0.1) is 10.2 Å². The van der Waals surface area contributed by atoms with Crippen molar-refractivity contribution in [1.82, 2.24) is 34.5 Å². The Hall–Kier alpha value is -1.77.